The van der Waals surface area contributed by atoms with Gasteiger partial charge in [0.05, 0.1) is 5.69 Å². The SMILES string of the molecule is Cc1cc(Br)ccc1-c1[nH]nc(N)c1C(C)C. The second-order valence-electron chi connectivity index (χ2n) is 4.51. The van der Waals surface area contributed by atoms with Crippen molar-refractivity contribution in [3.63, 3.8) is 0 Å². The van der Waals surface area contributed by atoms with Gasteiger partial charge in [-0.1, -0.05) is 35.8 Å². The van der Waals surface area contributed by atoms with Gasteiger partial charge in [0.15, 0.2) is 0 Å². The molecular weight excluding hydrogens is 278 g/mol. The standard InChI is InChI=1S/C13H16BrN3/c1-7(2)11-12(16-17-13(11)15)10-5-4-9(14)6-8(10)3/h4-7H,1-3H3,(H3,15,16,17). The number of benzene rings is 1. The van der Waals surface area contributed by atoms with E-state index in [0.29, 0.717) is 11.7 Å². The van der Waals surface area contributed by atoms with E-state index in [1.165, 1.54) is 5.56 Å². The molecule has 0 atom stereocenters. The Balaban J connectivity index is 2.61. The molecule has 2 aromatic rings. The molecule has 0 aliphatic heterocycles. The molecule has 17 heavy (non-hydrogen) atoms. The minimum absolute atomic E-state index is 0.354. The molecule has 0 spiro atoms. The molecule has 3 N–H and O–H groups in total. The van der Waals surface area contributed by atoms with Gasteiger partial charge in [0.1, 0.15) is 5.82 Å². The topological polar surface area (TPSA) is 54.7 Å². The Morgan fingerprint density at radius 3 is 2.65 bits per heavy atom. The van der Waals surface area contributed by atoms with Gasteiger partial charge in [-0.25, -0.2) is 0 Å². The first-order valence-corrected chi connectivity index (χ1v) is 6.40. The van der Waals surface area contributed by atoms with Gasteiger partial charge >= 0.3 is 0 Å². The van der Waals surface area contributed by atoms with Crippen LogP contribution in [0.25, 0.3) is 11.3 Å². The number of hydrogen-bond donors (Lipinski definition) is 2. The van der Waals surface area contributed by atoms with Crippen molar-refractivity contribution in [1.29, 1.82) is 0 Å². The first kappa shape index (κ1) is 12.2. The Morgan fingerprint density at radius 2 is 2.06 bits per heavy atom. The molecular formula is C13H16BrN3. The van der Waals surface area contributed by atoms with Crippen molar-refractivity contribution in [2.24, 2.45) is 0 Å². The third-order valence-electron chi connectivity index (χ3n) is 2.87. The first-order chi connectivity index (χ1) is 8.00. The van der Waals surface area contributed by atoms with Crippen LogP contribution in [0.1, 0.15) is 30.9 Å². The van der Waals surface area contributed by atoms with Gasteiger partial charge in [0.2, 0.25) is 0 Å². The van der Waals surface area contributed by atoms with Gasteiger partial charge in [0, 0.05) is 15.6 Å². The highest BCUT2D eigenvalue weighted by Gasteiger charge is 2.16. The van der Waals surface area contributed by atoms with E-state index in [2.05, 4.69) is 59.0 Å². The summed E-state index contributed by atoms with van der Waals surface area (Å²) < 4.78 is 1.08. The van der Waals surface area contributed by atoms with Crippen molar-refractivity contribution in [2.75, 3.05) is 5.73 Å². The summed E-state index contributed by atoms with van der Waals surface area (Å²) in [6.07, 6.45) is 0. The van der Waals surface area contributed by atoms with Gasteiger partial charge in [-0.2, -0.15) is 5.10 Å². The van der Waals surface area contributed by atoms with Crippen LogP contribution in [0.15, 0.2) is 22.7 Å². The van der Waals surface area contributed by atoms with E-state index < -0.39 is 0 Å². The van der Waals surface area contributed by atoms with Crippen LogP contribution in [0.5, 0.6) is 0 Å². The minimum Gasteiger partial charge on any atom is -0.382 e. The summed E-state index contributed by atoms with van der Waals surface area (Å²) in [5.41, 5.74) is 10.4. The van der Waals surface area contributed by atoms with Crippen LogP contribution < -0.4 is 5.73 Å². The predicted molar refractivity (Wildman–Crippen MR) is 75.0 cm³/mol. The third kappa shape index (κ3) is 2.22. The van der Waals surface area contributed by atoms with Gasteiger partial charge < -0.3 is 5.73 Å². The number of nitrogens with two attached hydrogens (primary N) is 1. The monoisotopic (exact) mass is 293 g/mol. The molecule has 0 radical (unpaired) electrons. The minimum atomic E-state index is 0.354. The van der Waals surface area contributed by atoms with Crippen LogP contribution in [-0.4, -0.2) is 10.2 Å². The molecule has 2 rings (SSSR count). The highest BCUT2D eigenvalue weighted by molar-refractivity contribution is 9.10. The van der Waals surface area contributed by atoms with Gasteiger partial charge in [0.25, 0.3) is 0 Å². The summed E-state index contributed by atoms with van der Waals surface area (Å²) in [6, 6.07) is 6.21. The van der Waals surface area contributed by atoms with E-state index in [-0.39, 0.29) is 0 Å². The zero-order valence-corrected chi connectivity index (χ0v) is 11.8. The first-order valence-electron chi connectivity index (χ1n) is 5.61. The predicted octanol–water partition coefficient (Wildman–Crippen LogP) is 3.85. The highest BCUT2D eigenvalue weighted by Crippen LogP contribution is 2.33. The quantitative estimate of drug-likeness (QED) is 0.883. The average Bonchev–Trinajstić information content (AvgIpc) is 2.60. The summed E-state index contributed by atoms with van der Waals surface area (Å²) in [7, 11) is 0. The van der Waals surface area contributed by atoms with Crippen molar-refractivity contribution in [3.05, 3.63) is 33.8 Å². The number of nitrogens with zero attached hydrogens (tertiary/aromatic N) is 1. The second kappa shape index (κ2) is 4.53. The molecule has 1 aromatic carbocycles. The lowest BCUT2D eigenvalue weighted by atomic mass is 9.96. The number of hydrogen-bond acceptors (Lipinski definition) is 2. The molecule has 0 amide bonds. The molecule has 0 fully saturated rings. The normalized spacial score (nSPS) is 11.1. The van der Waals surface area contributed by atoms with Crippen LogP contribution in [-0.2, 0) is 0 Å². The fraction of sp³-hybridized carbons (Fsp3) is 0.308. The van der Waals surface area contributed by atoms with Crippen molar-refractivity contribution in [3.8, 4) is 11.3 Å². The summed E-state index contributed by atoms with van der Waals surface area (Å²) in [4.78, 5) is 0. The van der Waals surface area contributed by atoms with Crippen molar-refractivity contribution in [1.82, 2.24) is 10.2 Å². The Labute approximate surface area is 110 Å². The maximum absolute atomic E-state index is 5.91. The second-order valence-corrected chi connectivity index (χ2v) is 5.43. The molecule has 0 bridgehead atoms. The van der Waals surface area contributed by atoms with Crippen LogP contribution in [0.2, 0.25) is 0 Å². The molecule has 1 aromatic heterocycles. The lowest BCUT2D eigenvalue weighted by molar-refractivity contribution is 0.873. The number of aryl methyl sites for hydroxylation is 1. The Bertz CT molecular complexity index is 544. The number of aromatic amines is 1. The van der Waals surface area contributed by atoms with E-state index in [1.54, 1.807) is 0 Å². The van der Waals surface area contributed by atoms with Gasteiger partial charge in [-0.3, -0.25) is 5.10 Å². The number of H-pyrrole nitrogens is 1. The summed E-state index contributed by atoms with van der Waals surface area (Å²) in [5, 5.41) is 7.16. The summed E-state index contributed by atoms with van der Waals surface area (Å²) in [6.45, 7) is 6.33. The Morgan fingerprint density at radius 1 is 1.35 bits per heavy atom. The fourth-order valence-electron chi connectivity index (χ4n) is 2.06. The Kier molecular flexibility index (Phi) is 3.24. The maximum Gasteiger partial charge on any atom is 0.149 e. The van der Waals surface area contributed by atoms with Crippen LogP contribution >= 0.6 is 15.9 Å². The van der Waals surface area contributed by atoms with E-state index >= 15 is 0 Å². The van der Waals surface area contributed by atoms with Gasteiger partial charge in [-0.15, -0.1) is 0 Å². The van der Waals surface area contributed by atoms with E-state index in [9.17, 15) is 0 Å². The number of nitrogen functional groups attached to an aromatic ring is 1. The number of nitrogens with one attached hydrogen (secondary N) is 1. The van der Waals surface area contributed by atoms with E-state index in [4.69, 9.17) is 5.73 Å². The van der Waals surface area contributed by atoms with Crippen LogP contribution in [0.4, 0.5) is 5.82 Å². The molecule has 1 heterocycles. The Hall–Kier alpha value is -1.29. The van der Waals surface area contributed by atoms with E-state index in [0.717, 1.165) is 21.3 Å². The van der Waals surface area contributed by atoms with Crippen molar-refractivity contribution in [2.45, 2.75) is 26.7 Å². The number of rotatable bonds is 2. The molecule has 0 saturated carbocycles. The highest BCUT2D eigenvalue weighted by atomic mass is 79.9. The molecule has 0 aliphatic rings. The smallest absolute Gasteiger partial charge is 0.149 e. The zero-order valence-electron chi connectivity index (χ0n) is 10.2. The lowest BCUT2D eigenvalue weighted by Gasteiger charge is -2.10. The molecule has 0 unspecified atom stereocenters. The summed E-state index contributed by atoms with van der Waals surface area (Å²) >= 11 is 3.47. The molecule has 0 saturated heterocycles. The largest absolute Gasteiger partial charge is 0.382 e. The molecule has 0 aliphatic carbocycles. The van der Waals surface area contributed by atoms with Crippen molar-refractivity contribution < 1.29 is 0 Å². The number of halogens is 1. The van der Waals surface area contributed by atoms with Crippen molar-refractivity contribution >= 4 is 21.7 Å². The third-order valence-corrected chi connectivity index (χ3v) is 3.36. The van der Waals surface area contributed by atoms with Crippen LogP contribution in [0, 0.1) is 6.92 Å². The lowest BCUT2D eigenvalue weighted by Crippen LogP contribution is -1.96. The van der Waals surface area contributed by atoms with Crippen LogP contribution in [0.3, 0.4) is 0 Å². The zero-order chi connectivity index (χ0) is 12.6. The van der Waals surface area contributed by atoms with E-state index in [1.807, 2.05) is 6.07 Å². The summed E-state index contributed by atoms with van der Waals surface area (Å²) in [5.74, 6) is 0.948. The average molecular weight is 294 g/mol. The molecule has 90 valence electrons. The number of aromatic nitrogens is 2. The fourth-order valence-corrected chi connectivity index (χ4v) is 2.54. The number of anilines is 1. The maximum atomic E-state index is 5.91. The molecule has 3 nitrogen and oxygen atoms in total. The molecule has 4 heteroatoms. The van der Waals surface area contributed by atoms with Gasteiger partial charge in [-0.05, 0) is 30.5 Å².